The number of nitrogens with zero attached hydrogens (tertiary/aromatic N) is 2. The summed E-state index contributed by atoms with van der Waals surface area (Å²) in [5.41, 5.74) is 1.76. The number of halogens is 1. The summed E-state index contributed by atoms with van der Waals surface area (Å²) in [5, 5.41) is 8.09. The van der Waals surface area contributed by atoms with Crippen molar-refractivity contribution in [2.24, 2.45) is 11.8 Å². The Kier molecular flexibility index (Phi) is 8.14. The lowest BCUT2D eigenvalue weighted by atomic mass is 9.81. The van der Waals surface area contributed by atoms with Crippen LogP contribution in [0, 0.1) is 18.8 Å². The van der Waals surface area contributed by atoms with Crippen molar-refractivity contribution in [3.05, 3.63) is 40.0 Å². The third-order valence-electron chi connectivity index (χ3n) is 7.45. The molecule has 2 N–H and O–H groups in total. The van der Waals surface area contributed by atoms with E-state index < -0.39 is 6.04 Å². The van der Waals surface area contributed by atoms with E-state index in [9.17, 15) is 9.59 Å². The van der Waals surface area contributed by atoms with Gasteiger partial charge in [0, 0.05) is 17.1 Å². The normalized spacial score (nSPS) is 22.0. The van der Waals surface area contributed by atoms with E-state index in [-0.39, 0.29) is 18.0 Å². The van der Waals surface area contributed by atoms with Crippen LogP contribution in [0.5, 0.6) is 0 Å². The molecule has 2 aromatic rings. The highest BCUT2D eigenvalue weighted by atomic mass is 35.5. The molecule has 0 aliphatic heterocycles. The first-order valence-corrected chi connectivity index (χ1v) is 13.6. The van der Waals surface area contributed by atoms with Gasteiger partial charge in [-0.25, -0.2) is 0 Å². The zero-order chi connectivity index (χ0) is 24.2. The average Bonchev–Trinajstić information content (AvgIpc) is 3.51. The van der Waals surface area contributed by atoms with Crippen molar-refractivity contribution < 1.29 is 9.59 Å². The molecule has 184 valence electrons. The SMILES string of the molecule is Cc1ncc(Cl)cc1N[C@@H](C)c1ccc(N(C=O)[C@@H](CC2CCCC2)C(=O)NC2CCC2C)s1. The third kappa shape index (κ3) is 5.74. The minimum absolute atomic E-state index is 0.00385. The number of rotatable bonds is 10. The Hall–Kier alpha value is -2.12. The summed E-state index contributed by atoms with van der Waals surface area (Å²) in [6.07, 6.45) is 10.1. The van der Waals surface area contributed by atoms with Gasteiger partial charge in [0.1, 0.15) is 6.04 Å². The molecule has 34 heavy (non-hydrogen) atoms. The molecule has 0 saturated heterocycles. The molecule has 2 aliphatic carbocycles. The molecule has 2 saturated carbocycles. The van der Waals surface area contributed by atoms with E-state index in [1.54, 1.807) is 22.4 Å². The quantitative estimate of drug-likeness (QED) is 0.385. The molecule has 2 amide bonds. The first kappa shape index (κ1) is 25.0. The maximum atomic E-state index is 13.4. The van der Waals surface area contributed by atoms with Crippen LogP contribution in [0.3, 0.4) is 0 Å². The Balaban J connectivity index is 1.51. The van der Waals surface area contributed by atoms with Crippen LogP contribution in [-0.2, 0) is 9.59 Å². The van der Waals surface area contributed by atoms with Crippen LogP contribution in [0.1, 0.15) is 75.4 Å². The van der Waals surface area contributed by atoms with Crippen molar-refractivity contribution >= 4 is 45.9 Å². The zero-order valence-corrected chi connectivity index (χ0v) is 21.8. The lowest BCUT2D eigenvalue weighted by molar-refractivity contribution is -0.126. The van der Waals surface area contributed by atoms with Gasteiger partial charge in [-0.15, -0.1) is 11.3 Å². The van der Waals surface area contributed by atoms with Crippen molar-refractivity contribution in [3.8, 4) is 0 Å². The topological polar surface area (TPSA) is 74.3 Å². The van der Waals surface area contributed by atoms with Gasteiger partial charge < -0.3 is 10.6 Å². The van der Waals surface area contributed by atoms with Gasteiger partial charge in [-0.1, -0.05) is 44.2 Å². The van der Waals surface area contributed by atoms with Crippen LogP contribution in [-0.4, -0.2) is 29.4 Å². The molecule has 4 rings (SSSR count). The Morgan fingerprint density at radius 1 is 1.29 bits per heavy atom. The van der Waals surface area contributed by atoms with E-state index in [1.165, 1.54) is 12.8 Å². The molecule has 0 radical (unpaired) electrons. The smallest absolute Gasteiger partial charge is 0.243 e. The largest absolute Gasteiger partial charge is 0.376 e. The monoisotopic (exact) mass is 502 g/mol. The predicted molar refractivity (Wildman–Crippen MR) is 140 cm³/mol. The van der Waals surface area contributed by atoms with Gasteiger partial charge in [0.2, 0.25) is 12.3 Å². The van der Waals surface area contributed by atoms with Crippen molar-refractivity contribution in [1.82, 2.24) is 10.3 Å². The molecule has 0 bridgehead atoms. The Morgan fingerprint density at radius 3 is 2.71 bits per heavy atom. The van der Waals surface area contributed by atoms with E-state index in [4.69, 9.17) is 11.6 Å². The van der Waals surface area contributed by atoms with Crippen LogP contribution in [0.15, 0.2) is 24.4 Å². The highest BCUT2D eigenvalue weighted by Gasteiger charge is 2.35. The molecule has 6 nitrogen and oxygen atoms in total. The van der Waals surface area contributed by atoms with Crippen molar-refractivity contribution in [3.63, 3.8) is 0 Å². The summed E-state index contributed by atoms with van der Waals surface area (Å²) in [6.45, 7) is 6.19. The molecule has 8 heteroatoms. The molecular formula is C26H35ClN4O2S. The van der Waals surface area contributed by atoms with E-state index in [1.807, 2.05) is 25.1 Å². The number of carbonyl (C=O) groups excluding carboxylic acids is 2. The number of aryl methyl sites for hydroxylation is 1. The van der Waals surface area contributed by atoms with Gasteiger partial charge in [-0.2, -0.15) is 0 Å². The van der Waals surface area contributed by atoms with Crippen LogP contribution >= 0.6 is 22.9 Å². The number of hydrogen-bond donors (Lipinski definition) is 2. The molecular weight excluding hydrogens is 468 g/mol. The molecule has 2 unspecified atom stereocenters. The van der Waals surface area contributed by atoms with Gasteiger partial charge in [0.25, 0.3) is 0 Å². The standard InChI is InChI=1S/C26H35ClN4O2S/c1-16-8-9-21(16)30-26(33)23(12-19-6-4-5-7-19)31(15-32)25-11-10-24(34-25)18(3)29-22-13-20(27)14-28-17(22)2/h10-11,13-16,18-19,21,23,29H,4-9,12H2,1-3H3,(H,30,33)/t16?,18-,21?,23-/m0/s1. The van der Waals surface area contributed by atoms with Crippen molar-refractivity contribution in [2.75, 3.05) is 10.2 Å². The van der Waals surface area contributed by atoms with Crippen LogP contribution in [0.4, 0.5) is 10.7 Å². The second-order valence-corrected chi connectivity index (χ2v) is 11.4. The highest BCUT2D eigenvalue weighted by Crippen LogP contribution is 2.36. The fourth-order valence-electron chi connectivity index (χ4n) is 5.02. The fraction of sp³-hybridized carbons (Fsp3) is 0.577. The van der Waals surface area contributed by atoms with Gasteiger partial charge in [-0.05, 0) is 63.1 Å². The number of amides is 2. The molecule has 4 atom stereocenters. The number of nitrogens with one attached hydrogen (secondary N) is 2. The average molecular weight is 503 g/mol. The summed E-state index contributed by atoms with van der Waals surface area (Å²) in [6, 6.07) is 5.61. The summed E-state index contributed by atoms with van der Waals surface area (Å²) in [4.78, 5) is 32.7. The minimum atomic E-state index is -0.470. The zero-order valence-electron chi connectivity index (χ0n) is 20.2. The molecule has 2 fully saturated rings. The lowest BCUT2D eigenvalue weighted by Crippen LogP contribution is -2.54. The predicted octanol–water partition coefficient (Wildman–Crippen LogP) is 6.10. The minimum Gasteiger partial charge on any atom is -0.376 e. The Morgan fingerprint density at radius 2 is 2.06 bits per heavy atom. The Labute approximate surface area is 211 Å². The second-order valence-electron chi connectivity index (χ2n) is 9.91. The molecule has 0 aromatic carbocycles. The molecule has 2 aliphatic rings. The first-order chi connectivity index (χ1) is 16.4. The van der Waals surface area contributed by atoms with Gasteiger partial charge in [0.05, 0.1) is 27.4 Å². The van der Waals surface area contributed by atoms with Crippen molar-refractivity contribution in [2.45, 2.75) is 83.8 Å². The lowest BCUT2D eigenvalue weighted by Gasteiger charge is -2.37. The summed E-state index contributed by atoms with van der Waals surface area (Å²) < 4.78 is 0. The van der Waals surface area contributed by atoms with E-state index >= 15 is 0 Å². The summed E-state index contributed by atoms with van der Waals surface area (Å²) in [7, 11) is 0. The fourth-order valence-corrected chi connectivity index (χ4v) is 6.20. The maximum absolute atomic E-state index is 13.4. The van der Waals surface area contributed by atoms with Gasteiger partial charge in [-0.3, -0.25) is 19.5 Å². The van der Waals surface area contributed by atoms with Gasteiger partial charge in [0.15, 0.2) is 0 Å². The van der Waals surface area contributed by atoms with Crippen LogP contribution in [0.25, 0.3) is 0 Å². The number of hydrogen-bond acceptors (Lipinski definition) is 5. The van der Waals surface area contributed by atoms with Crippen LogP contribution < -0.4 is 15.5 Å². The second kappa shape index (κ2) is 11.1. The molecule has 2 heterocycles. The Bertz CT molecular complexity index is 1010. The number of aromatic nitrogens is 1. The van der Waals surface area contributed by atoms with Crippen LogP contribution in [0.2, 0.25) is 5.02 Å². The number of anilines is 2. The highest BCUT2D eigenvalue weighted by molar-refractivity contribution is 7.16. The summed E-state index contributed by atoms with van der Waals surface area (Å²) in [5.74, 6) is 0.984. The molecule has 2 aromatic heterocycles. The number of carbonyl (C=O) groups is 2. The van der Waals surface area contributed by atoms with Crippen molar-refractivity contribution in [1.29, 1.82) is 0 Å². The summed E-state index contributed by atoms with van der Waals surface area (Å²) >= 11 is 7.67. The third-order valence-corrected chi connectivity index (χ3v) is 8.94. The van der Waals surface area contributed by atoms with Gasteiger partial charge >= 0.3 is 0 Å². The maximum Gasteiger partial charge on any atom is 0.243 e. The van der Waals surface area contributed by atoms with E-state index in [0.29, 0.717) is 16.9 Å². The van der Waals surface area contributed by atoms with E-state index in [0.717, 1.165) is 59.8 Å². The number of thiophene rings is 1. The van der Waals surface area contributed by atoms with E-state index in [2.05, 4.69) is 29.5 Å². The number of pyridine rings is 1. The molecule has 0 spiro atoms. The first-order valence-electron chi connectivity index (χ1n) is 12.4.